The molecule has 1 aromatic carbocycles. The van der Waals surface area contributed by atoms with E-state index >= 15 is 0 Å². The maximum atomic E-state index is 11.8. The second-order valence-electron chi connectivity index (χ2n) is 4.54. The number of ether oxygens (including phenoxy) is 1. The maximum Gasteiger partial charge on any atom is 0.251 e. The molecular formula is C14H18BrNO2. The largest absolute Gasteiger partial charge is 0.376 e. The minimum Gasteiger partial charge on any atom is -0.376 e. The fourth-order valence-electron chi connectivity index (χ4n) is 2.18. The van der Waals surface area contributed by atoms with Crippen LogP contribution in [0.25, 0.3) is 0 Å². The lowest BCUT2D eigenvalue weighted by molar-refractivity contribution is 0.0582. The summed E-state index contributed by atoms with van der Waals surface area (Å²) in [5, 5.41) is 2.87. The first kappa shape index (κ1) is 13.6. The number of hydrogen-bond donors (Lipinski definition) is 1. The van der Waals surface area contributed by atoms with Gasteiger partial charge in [0.2, 0.25) is 0 Å². The average Bonchev–Trinajstić information content (AvgIpc) is 2.87. The zero-order valence-corrected chi connectivity index (χ0v) is 11.9. The molecule has 1 aromatic rings. The lowest BCUT2D eigenvalue weighted by Crippen LogP contribution is -2.28. The number of halogens is 1. The van der Waals surface area contributed by atoms with Gasteiger partial charge in [0, 0.05) is 16.6 Å². The average molecular weight is 312 g/mol. The first-order valence-corrected chi connectivity index (χ1v) is 7.20. The minimum absolute atomic E-state index is 0.0497. The molecule has 1 amide bonds. The predicted octanol–water partition coefficient (Wildman–Crippen LogP) is 3.14. The van der Waals surface area contributed by atoms with Crippen LogP contribution in [0, 0.1) is 0 Å². The minimum atomic E-state index is -0.0497. The summed E-state index contributed by atoms with van der Waals surface area (Å²) in [7, 11) is 0. The molecule has 0 heterocycles. The van der Waals surface area contributed by atoms with Gasteiger partial charge in [-0.15, -0.1) is 0 Å². The van der Waals surface area contributed by atoms with Gasteiger partial charge in [-0.3, -0.25) is 4.79 Å². The SMILES string of the molecule is O=C(NCCOC1CCCC1)c1cccc(Br)c1. The summed E-state index contributed by atoms with van der Waals surface area (Å²) in [6.07, 6.45) is 5.29. The standard InChI is InChI=1S/C14H18BrNO2/c15-12-5-3-4-11(10-12)14(17)16-8-9-18-13-6-1-2-7-13/h3-5,10,13H,1-2,6-9H2,(H,16,17). The molecule has 0 bridgehead atoms. The molecule has 0 unspecified atom stereocenters. The summed E-state index contributed by atoms with van der Waals surface area (Å²) < 4.78 is 6.60. The van der Waals surface area contributed by atoms with E-state index in [0.29, 0.717) is 24.8 Å². The fraction of sp³-hybridized carbons (Fsp3) is 0.500. The van der Waals surface area contributed by atoms with E-state index in [-0.39, 0.29) is 5.91 Å². The molecule has 0 atom stereocenters. The van der Waals surface area contributed by atoms with Gasteiger partial charge in [-0.1, -0.05) is 34.8 Å². The molecule has 0 aromatic heterocycles. The van der Waals surface area contributed by atoms with Crippen molar-refractivity contribution in [1.82, 2.24) is 5.32 Å². The van der Waals surface area contributed by atoms with Gasteiger partial charge >= 0.3 is 0 Å². The van der Waals surface area contributed by atoms with E-state index in [9.17, 15) is 4.79 Å². The Bertz CT molecular complexity index is 403. The van der Waals surface area contributed by atoms with Crippen LogP contribution in [0.2, 0.25) is 0 Å². The third-order valence-corrected chi connectivity index (χ3v) is 3.62. The van der Waals surface area contributed by atoms with E-state index in [1.54, 1.807) is 6.07 Å². The molecule has 0 saturated heterocycles. The highest BCUT2D eigenvalue weighted by Gasteiger charge is 2.14. The smallest absolute Gasteiger partial charge is 0.251 e. The van der Waals surface area contributed by atoms with Crippen LogP contribution in [-0.4, -0.2) is 25.2 Å². The topological polar surface area (TPSA) is 38.3 Å². The molecule has 0 radical (unpaired) electrons. The number of hydrogen-bond acceptors (Lipinski definition) is 2. The van der Waals surface area contributed by atoms with E-state index in [1.165, 1.54) is 25.7 Å². The summed E-state index contributed by atoms with van der Waals surface area (Å²) in [5.41, 5.74) is 0.672. The van der Waals surface area contributed by atoms with Gasteiger partial charge < -0.3 is 10.1 Å². The Morgan fingerprint density at radius 3 is 2.89 bits per heavy atom. The zero-order chi connectivity index (χ0) is 12.8. The second kappa shape index (κ2) is 6.90. The monoisotopic (exact) mass is 311 g/mol. The quantitative estimate of drug-likeness (QED) is 0.848. The Hall–Kier alpha value is -0.870. The van der Waals surface area contributed by atoms with Gasteiger partial charge in [0.15, 0.2) is 0 Å². The van der Waals surface area contributed by atoms with Gasteiger partial charge in [-0.2, -0.15) is 0 Å². The number of carbonyl (C=O) groups is 1. The normalized spacial score (nSPS) is 15.8. The number of rotatable bonds is 5. The third-order valence-electron chi connectivity index (χ3n) is 3.13. The van der Waals surface area contributed by atoms with Crippen molar-refractivity contribution in [2.75, 3.05) is 13.2 Å². The molecule has 2 rings (SSSR count). The molecular weight excluding hydrogens is 294 g/mol. The molecule has 3 nitrogen and oxygen atoms in total. The molecule has 1 saturated carbocycles. The van der Waals surface area contributed by atoms with Crippen molar-refractivity contribution >= 4 is 21.8 Å². The molecule has 0 spiro atoms. The number of nitrogens with one attached hydrogen (secondary N) is 1. The summed E-state index contributed by atoms with van der Waals surface area (Å²) in [4.78, 5) is 11.8. The van der Waals surface area contributed by atoms with Gasteiger partial charge in [0.05, 0.1) is 12.7 Å². The van der Waals surface area contributed by atoms with Gasteiger partial charge in [0.1, 0.15) is 0 Å². The summed E-state index contributed by atoms with van der Waals surface area (Å²) in [6.45, 7) is 1.17. The lowest BCUT2D eigenvalue weighted by atomic mass is 10.2. The van der Waals surface area contributed by atoms with E-state index in [1.807, 2.05) is 18.2 Å². The highest BCUT2D eigenvalue weighted by molar-refractivity contribution is 9.10. The Labute approximate surface area is 116 Å². The van der Waals surface area contributed by atoms with Crippen LogP contribution >= 0.6 is 15.9 Å². The van der Waals surface area contributed by atoms with Crippen molar-refractivity contribution in [3.63, 3.8) is 0 Å². The van der Waals surface area contributed by atoms with Gasteiger partial charge in [-0.05, 0) is 31.0 Å². The predicted molar refractivity (Wildman–Crippen MR) is 74.7 cm³/mol. The lowest BCUT2D eigenvalue weighted by Gasteiger charge is -2.11. The Morgan fingerprint density at radius 2 is 2.17 bits per heavy atom. The fourth-order valence-corrected chi connectivity index (χ4v) is 2.58. The van der Waals surface area contributed by atoms with Crippen LogP contribution in [-0.2, 0) is 4.74 Å². The molecule has 1 N–H and O–H groups in total. The van der Waals surface area contributed by atoms with Crippen LogP contribution in [0.15, 0.2) is 28.7 Å². The number of amides is 1. The van der Waals surface area contributed by atoms with Crippen LogP contribution in [0.1, 0.15) is 36.0 Å². The molecule has 18 heavy (non-hydrogen) atoms. The van der Waals surface area contributed by atoms with Crippen LogP contribution in [0.3, 0.4) is 0 Å². The Kier molecular flexibility index (Phi) is 5.20. The molecule has 1 aliphatic rings. The van der Waals surface area contributed by atoms with Crippen molar-refractivity contribution in [2.45, 2.75) is 31.8 Å². The van der Waals surface area contributed by atoms with Crippen LogP contribution in [0.5, 0.6) is 0 Å². The van der Waals surface area contributed by atoms with Crippen LogP contribution < -0.4 is 5.32 Å². The Balaban J connectivity index is 1.68. The highest BCUT2D eigenvalue weighted by Crippen LogP contribution is 2.20. The van der Waals surface area contributed by atoms with E-state index < -0.39 is 0 Å². The molecule has 0 aliphatic heterocycles. The number of carbonyl (C=O) groups excluding carboxylic acids is 1. The molecule has 1 fully saturated rings. The van der Waals surface area contributed by atoms with Crippen molar-refractivity contribution in [3.8, 4) is 0 Å². The highest BCUT2D eigenvalue weighted by atomic mass is 79.9. The van der Waals surface area contributed by atoms with E-state index in [0.717, 1.165) is 4.47 Å². The van der Waals surface area contributed by atoms with Crippen molar-refractivity contribution in [1.29, 1.82) is 0 Å². The van der Waals surface area contributed by atoms with Gasteiger partial charge in [0.25, 0.3) is 5.91 Å². The number of benzene rings is 1. The summed E-state index contributed by atoms with van der Waals surface area (Å²) >= 11 is 3.35. The molecule has 98 valence electrons. The third kappa shape index (κ3) is 4.10. The zero-order valence-electron chi connectivity index (χ0n) is 10.3. The van der Waals surface area contributed by atoms with E-state index in [2.05, 4.69) is 21.2 Å². The van der Waals surface area contributed by atoms with Crippen molar-refractivity contribution in [2.24, 2.45) is 0 Å². The maximum absolute atomic E-state index is 11.8. The summed E-state index contributed by atoms with van der Waals surface area (Å²) in [6, 6.07) is 7.37. The van der Waals surface area contributed by atoms with Crippen molar-refractivity contribution < 1.29 is 9.53 Å². The van der Waals surface area contributed by atoms with E-state index in [4.69, 9.17) is 4.74 Å². The Morgan fingerprint density at radius 1 is 1.39 bits per heavy atom. The van der Waals surface area contributed by atoms with Crippen molar-refractivity contribution in [3.05, 3.63) is 34.3 Å². The first-order chi connectivity index (χ1) is 8.75. The molecule has 1 aliphatic carbocycles. The van der Waals surface area contributed by atoms with Crippen LogP contribution in [0.4, 0.5) is 0 Å². The van der Waals surface area contributed by atoms with Gasteiger partial charge in [-0.25, -0.2) is 0 Å². The second-order valence-corrected chi connectivity index (χ2v) is 5.46. The molecule has 4 heteroatoms. The summed E-state index contributed by atoms with van der Waals surface area (Å²) in [5.74, 6) is -0.0497. The first-order valence-electron chi connectivity index (χ1n) is 6.41.